The molecule has 3 unspecified atom stereocenters. The Balaban J connectivity index is 1.87. The Hall–Kier alpha value is -0.0800. The second-order valence-electron chi connectivity index (χ2n) is 6.24. The standard InChI is InChI=1S/C15H30N2/c1-3-12-5-4-6-14(10-7-12)17(2)15(11-16)13-8-9-13/h12-15H,3-11,16H2,1-2H3. The first kappa shape index (κ1) is 13.4. The minimum absolute atomic E-state index is 0.665. The van der Waals surface area contributed by atoms with E-state index in [1.807, 2.05) is 0 Å². The largest absolute Gasteiger partial charge is 0.329 e. The van der Waals surface area contributed by atoms with Crippen LogP contribution in [0.1, 0.15) is 58.3 Å². The van der Waals surface area contributed by atoms with Gasteiger partial charge in [0, 0.05) is 18.6 Å². The average Bonchev–Trinajstić information content (AvgIpc) is 3.15. The van der Waals surface area contributed by atoms with Gasteiger partial charge in [0.15, 0.2) is 0 Å². The van der Waals surface area contributed by atoms with Crippen LogP contribution in [0, 0.1) is 11.8 Å². The van der Waals surface area contributed by atoms with Crippen molar-refractivity contribution in [1.82, 2.24) is 4.90 Å². The van der Waals surface area contributed by atoms with E-state index in [2.05, 4.69) is 18.9 Å². The molecule has 0 aromatic carbocycles. The van der Waals surface area contributed by atoms with Gasteiger partial charge in [0.1, 0.15) is 0 Å². The minimum Gasteiger partial charge on any atom is -0.329 e. The second kappa shape index (κ2) is 6.19. The van der Waals surface area contributed by atoms with Crippen molar-refractivity contribution in [2.45, 2.75) is 70.4 Å². The van der Waals surface area contributed by atoms with Gasteiger partial charge in [-0.2, -0.15) is 0 Å². The lowest BCUT2D eigenvalue weighted by molar-refractivity contribution is 0.144. The average molecular weight is 238 g/mol. The zero-order valence-electron chi connectivity index (χ0n) is 11.7. The molecule has 17 heavy (non-hydrogen) atoms. The van der Waals surface area contributed by atoms with Gasteiger partial charge in [0.05, 0.1) is 0 Å². The molecule has 0 radical (unpaired) electrons. The third-order valence-corrected chi connectivity index (χ3v) is 5.14. The van der Waals surface area contributed by atoms with Crippen molar-refractivity contribution in [3.05, 3.63) is 0 Å². The fraction of sp³-hybridized carbons (Fsp3) is 1.00. The molecule has 0 saturated heterocycles. The topological polar surface area (TPSA) is 29.3 Å². The van der Waals surface area contributed by atoms with Crippen LogP contribution in [0.3, 0.4) is 0 Å². The van der Waals surface area contributed by atoms with Crippen molar-refractivity contribution in [1.29, 1.82) is 0 Å². The molecule has 2 nitrogen and oxygen atoms in total. The lowest BCUT2D eigenvalue weighted by Crippen LogP contribution is -2.45. The Bertz CT molecular complexity index is 225. The smallest absolute Gasteiger partial charge is 0.0246 e. The highest BCUT2D eigenvalue weighted by Gasteiger charge is 2.35. The van der Waals surface area contributed by atoms with Gasteiger partial charge in [-0.25, -0.2) is 0 Å². The third kappa shape index (κ3) is 3.45. The maximum Gasteiger partial charge on any atom is 0.0246 e. The van der Waals surface area contributed by atoms with Gasteiger partial charge in [-0.15, -0.1) is 0 Å². The molecule has 0 spiro atoms. The van der Waals surface area contributed by atoms with Crippen LogP contribution in [0.15, 0.2) is 0 Å². The predicted octanol–water partition coefficient (Wildman–Crippen LogP) is 3.01. The molecule has 0 aromatic rings. The normalized spacial score (nSPS) is 32.5. The summed E-state index contributed by atoms with van der Waals surface area (Å²) >= 11 is 0. The van der Waals surface area contributed by atoms with Crippen molar-refractivity contribution in [3.8, 4) is 0 Å². The molecule has 2 N–H and O–H groups in total. The zero-order chi connectivity index (χ0) is 12.3. The van der Waals surface area contributed by atoms with Crippen molar-refractivity contribution >= 4 is 0 Å². The summed E-state index contributed by atoms with van der Waals surface area (Å²) in [5.74, 6) is 1.90. The van der Waals surface area contributed by atoms with Crippen molar-refractivity contribution < 1.29 is 0 Å². The summed E-state index contributed by atoms with van der Waals surface area (Å²) in [6, 6.07) is 1.47. The molecule has 100 valence electrons. The van der Waals surface area contributed by atoms with Crippen LogP contribution < -0.4 is 5.73 Å². The molecule has 0 amide bonds. The monoisotopic (exact) mass is 238 g/mol. The molecule has 0 heterocycles. The Labute approximate surface area is 107 Å². The number of nitrogens with zero attached hydrogens (tertiary/aromatic N) is 1. The summed E-state index contributed by atoms with van der Waals surface area (Å²) in [6.45, 7) is 3.20. The quantitative estimate of drug-likeness (QED) is 0.746. The highest BCUT2D eigenvalue weighted by molar-refractivity contribution is 4.90. The SMILES string of the molecule is CCC1CCCC(N(C)C(CN)C2CC2)CC1. The van der Waals surface area contributed by atoms with Gasteiger partial charge < -0.3 is 5.73 Å². The molecule has 2 aliphatic carbocycles. The Morgan fingerprint density at radius 2 is 1.88 bits per heavy atom. The van der Waals surface area contributed by atoms with Gasteiger partial charge in [-0.05, 0) is 51.0 Å². The molecule has 3 atom stereocenters. The first-order chi connectivity index (χ1) is 8.26. The van der Waals surface area contributed by atoms with Crippen LogP contribution in [0.2, 0.25) is 0 Å². The maximum absolute atomic E-state index is 5.97. The zero-order valence-corrected chi connectivity index (χ0v) is 11.7. The van der Waals surface area contributed by atoms with E-state index in [-0.39, 0.29) is 0 Å². The molecule has 0 bridgehead atoms. The highest BCUT2D eigenvalue weighted by Crippen LogP contribution is 2.37. The number of hydrogen-bond donors (Lipinski definition) is 1. The Kier molecular flexibility index (Phi) is 4.87. The van der Waals surface area contributed by atoms with Gasteiger partial charge in [0.2, 0.25) is 0 Å². The molecule has 2 aliphatic rings. The summed E-state index contributed by atoms with van der Waals surface area (Å²) in [7, 11) is 2.33. The van der Waals surface area contributed by atoms with E-state index in [1.165, 1.54) is 51.4 Å². The van der Waals surface area contributed by atoms with Crippen LogP contribution in [-0.2, 0) is 0 Å². The second-order valence-corrected chi connectivity index (χ2v) is 6.24. The number of rotatable bonds is 5. The van der Waals surface area contributed by atoms with Gasteiger partial charge in [-0.3, -0.25) is 4.90 Å². The highest BCUT2D eigenvalue weighted by atomic mass is 15.2. The minimum atomic E-state index is 0.665. The first-order valence-corrected chi connectivity index (χ1v) is 7.68. The van der Waals surface area contributed by atoms with Gasteiger partial charge >= 0.3 is 0 Å². The fourth-order valence-electron chi connectivity index (χ4n) is 3.62. The molecule has 2 fully saturated rings. The van der Waals surface area contributed by atoms with Crippen molar-refractivity contribution in [2.75, 3.05) is 13.6 Å². The van der Waals surface area contributed by atoms with Crippen LogP contribution in [0.5, 0.6) is 0 Å². The van der Waals surface area contributed by atoms with E-state index in [0.717, 1.165) is 24.4 Å². The molecule has 2 saturated carbocycles. The summed E-state index contributed by atoms with van der Waals surface area (Å²) in [5, 5.41) is 0. The molecule has 2 heteroatoms. The van der Waals surface area contributed by atoms with Crippen LogP contribution >= 0.6 is 0 Å². The van der Waals surface area contributed by atoms with E-state index in [9.17, 15) is 0 Å². The van der Waals surface area contributed by atoms with E-state index in [4.69, 9.17) is 5.73 Å². The molecule has 2 rings (SSSR count). The number of hydrogen-bond acceptors (Lipinski definition) is 2. The summed E-state index contributed by atoms with van der Waals surface area (Å²) in [6.07, 6.45) is 11.3. The lowest BCUT2D eigenvalue weighted by atomic mass is 9.97. The van der Waals surface area contributed by atoms with Crippen LogP contribution in [0.25, 0.3) is 0 Å². The number of likely N-dealkylation sites (N-methyl/N-ethyl adjacent to an activating group) is 1. The van der Waals surface area contributed by atoms with E-state index < -0.39 is 0 Å². The van der Waals surface area contributed by atoms with Gasteiger partial charge in [0.25, 0.3) is 0 Å². The first-order valence-electron chi connectivity index (χ1n) is 7.68. The Morgan fingerprint density at radius 3 is 2.47 bits per heavy atom. The van der Waals surface area contributed by atoms with Crippen LogP contribution in [-0.4, -0.2) is 30.6 Å². The van der Waals surface area contributed by atoms with Crippen LogP contribution in [0.4, 0.5) is 0 Å². The van der Waals surface area contributed by atoms with Crippen molar-refractivity contribution in [3.63, 3.8) is 0 Å². The van der Waals surface area contributed by atoms with E-state index >= 15 is 0 Å². The fourth-order valence-corrected chi connectivity index (χ4v) is 3.62. The molecule has 0 aliphatic heterocycles. The predicted molar refractivity (Wildman–Crippen MR) is 74.0 cm³/mol. The summed E-state index contributed by atoms with van der Waals surface area (Å²) < 4.78 is 0. The molecular weight excluding hydrogens is 208 g/mol. The lowest BCUT2D eigenvalue weighted by Gasteiger charge is -2.34. The third-order valence-electron chi connectivity index (χ3n) is 5.14. The Morgan fingerprint density at radius 1 is 1.12 bits per heavy atom. The molecular formula is C15H30N2. The van der Waals surface area contributed by atoms with E-state index in [1.54, 1.807) is 0 Å². The summed E-state index contributed by atoms with van der Waals surface area (Å²) in [4.78, 5) is 2.63. The van der Waals surface area contributed by atoms with E-state index in [0.29, 0.717) is 6.04 Å². The molecule has 0 aromatic heterocycles. The maximum atomic E-state index is 5.97. The van der Waals surface area contributed by atoms with Gasteiger partial charge in [-0.1, -0.05) is 26.2 Å². The summed E-state index contributed by atoms with van der Waals surface area (Å²) in [5.41, 5.74) is 5.97. The number of nitrogens with two attached hydrogens (primary N) is 1. The van der Waals surface area contributed by atoms with Crippen molar-refractivity contribution in [2.24, 2.45) is 17.6 Å².